The first-order valence-corrected chi connectivity index (χ1v) is 4.27. The summed E-state index contributed by atoms with van der Waals surface area (Å²) in [4.78, 5) is 10.7. The van der Waals surface area contributed by atoms with Crippen LogP contribution in [0.1, 0.15) is 19.3 Å². The molecule has 1 rings (SSSR count). The molecule has 0 aromatic carbocycles. The lowest BCUT2D eigenvalue weighted by Crippen LogP contribution is -2.14. The van der Waals surface area contributed by atoms with Crippen LogP contribution < -0.4 is 0 Å². The number of carbonyl (C=O) groups is 1. The van der Waals surface area contributed by atoms with Gasteiger partial charge in [-0.3, -0.25) is 0 Å². The van der Waals surface area contributed by atoms with Gasteiger partial charge in [-0.2, -0.15) is 0 Å². The number of methoxy groups -OCH3 is 1. The van der Waals surface area contributed by atoms with Crippen LogP contribution in [0.2, 0.25) is 0 Å². The van der Waals surface area contributed by atoms with Gasteiger partial charge in [0.15, 0.2) is 12.3 Å². The Hall–Kier alpha value is -1.32. The van der Waals surface area contributed by atoms with Crippen LogP contribution in [-0.4, -0.2) is 30.1 Å². The van der Waals surface area contributed by atoms with Crippen LogP contribution in [0.15, 0.2) is 12.2 Å². The molecule has 72 valence electrons. The zero-order chi connectivity index (χ0) is 9.68. The Morgan fingerprint density at radius 2 is 2.62 bits per heavy atom. The molecule has 0 saturated carbocycles. The number of carbonyl (C=O) groups excluding carboxylic acids is 1. The summed E-state index contributed by atoms with van der Waals surface area (Å²) in [6.07, 6.45) is 6.98. The van der Waals surface area contributed by atoms with Gasteiger partial charge in [-0.1, -0.05) is 6.08 Å². The molecule has 0 fully saturated rings. The molecule has 0 amide bonds. The zero-order valence-corrected chi connectivity index (χ0v) is 7.60. The van der Waals surface area contributed by atoms with Crippen LogP contribution in [0.4, 0.5) is 0 Å². The van der Waals surface area contributed by atoms with Crippen molar-refractivity contribution in [2.75, 3.05) is 7.11 Å². The van der Waals surface area contributed by atoms with E-state index in [1.165, 1.54) is 13.2 Å². The Labute approximate surface area is 77.1 Å². The minimum absolute atomic E-state index is 0.000839. The van der Waals surface area contributed by atoms with Gasteiger partial charge >= 0.3 is 5.97 Å². The van der Waals surface area contributed by atoms with Gasteiger partial charge in [0, 0.05) is 25.3 Å². The molecule has 0 aliphatic carbocycles. The average molecular weight is 183 g/mol. The van der Waals surface area contributed by atoms with Gasteiger partial charge in [0.05, 0.1) is 7.11 Å². The predicted octanol–water partition coefficient (Wildman–Crippen LogP) is 0.849. The quantitative estimate of drug-likeness (QED) is 0.282. The Balaban J connectivity index is 2.30. The highest BCUT2D eigenvalue weighted by Crippen LogP contribution is 2.11. The Bertz CT molecular complexity index is 245. The number of rotatable bonds is 3. The maximum Gasteiger partial charge on any atom is 0.330 e. The van der Waals surface area contributed by atoms with E-state index in [1.807, 2.05) is 0 Å². The van der Waals surface area contributed by atoms with Gasteiger partial charge in [0.1, 0.15) is 0 Å². The van der Waals surface area contributed by atoms with Crippen LogP contribution in [0.5, 0.6) is 0 Å². The molecule has 1 aliphatic heterocycles. The third kappa shape index (κ3) is 2.89. The first-order valence-electron chi connectivity index (χ1n) is 4.27. The van der Waals surface area contributed by atoms with Crippen molar-refractivity contribution in [1.29, 1.82) is 0 Å². The Morgan fingerprint density at radius 1 is 1.85 bits per heavy atom. The Kier molecular flexibility index (Phi) is 3.49. The molecule has 4 heteroatoms. The van der Waals surface area contributed by atoms with Crippen LogP contribution >= 0.6 is 0 Å². The fraction of sp³-hybridized carbons (Fsp3) is 0.556. The molecule has 13 heavy (non-hydrogen) atoms. The summed E-state index contributed by atoms with van der Waals surface area (Å²) in [6.45, 7) is 0. The molecule has 0 saturated heterocycles. The van der Waals surface area contributed by atoms with Gasteiger partial charge in [-0.05, 0) is 0 Å². The third-order valence-corrected chi connectivity index (χ3v) is 2.03. The summed E-state index contributed by atoms with van der Waals surface area (Å²) in [7, 11) is 1.33. The molecule has 0 aromatic heterocycles. The van der Waals surface area contributed by atoms with E-state index in [4.69, 9.17) is 0 Å². The van der Waals surface area contributed by atoms with Crippen molar-refractivity contribution in [3.05, 3.63) is 17.4 Å². The van der Waals surface area contributed by atoms with Crippen LogP contribution in [0.3, 0.4) is 0 Å². The summed E-state index contributed by atoms with van der Waals surface area (Å²) in [5.74, 6) is -0.376. The Morgan fingerprint density at radius 3 is 3.15 bits per heavy atom. The van der Waals surface area contributed by atoms with Crippen molar-refractivity contribution in [3.8, 4) is 0 Å². The molecule has 0 N–H and O–H groups in total. The van der Waals surface area contributed by atoms with Gasteiger partial charge in [-0.15, -0.1) is 0 Å². The second-order valence-corrected chi connectivity index (χ2v) is 2.93. The summed E-state index contributed by atoms with van der Waals surface area (Å²) in [6, 6.07) is 0.000839. The standard InChI is InChI=1S/C9H13NO3/c1-13-9(11)6-2-4-8-5-3-7-10(8)12/h2,6-8H,3-5H2,1H3/b6-2+. The smallest absolute Gasteiger partial charge is 0.330 e. The van der Waals surface area contributed by atoms with Crippen LogP contribution in [-0.2, 0) is 9.53 Å². The van der Waals surface area contributed by atoms with E-state index in [1.54, 1.807) is 12.3 Å². The molecular weight excluding hydrogens is 170 g/mol. The lowest BCUT2D eigenvalue weighted by molar-refractivity contribution is -0.487. The molecule has 4 nitrogen and oxygen atoms in total. The topological polar surface area (TPSA) is 52.4 Å². The zero-order valence-electron chi connectivity index (χ0n) is 7.60. The maximum atomic E-state index is 11.0. The normalized spacial score (nSPS) is 21.9. The van der Waals surface area contributed by atoms with Crippen LogP contribution in [0.25, 0.3) is 0 Å². The van der Waals surface area contributed by atoms with Crippen molar-refractivity contribution in [2.24, 2.45) is 0 Å². The summed E-state index contributed by atoms with van der Waals surface area (Å²) in [5, 5.41) is 11.0. The molecule has 0 aromatic rings. The summed E-state index contributed by atoms with van der Waals surface area (Å²) >= 11 is 0. The molecule has 1 heterocycles. The monoisotopic (exact) mass is 183 g/mol. The van der Waals surface area contributed by atoms with E-state index in [0.717, 1.165) is 17.6 Å². The van der Waals surface area contributed by atoms with Gasteiger partial charge in [-0.25, -0.2) is 9.53 Å². The van der Waals surface area contributed by atoms with Crippen molar-refractivity contribution in [3.63, 3.8) is 0 Å². The molecule has 1 unspecified atom stereocenters. The minimum Gasteiger partial charge on any atom is -0.624 e. The fourth-order valence-electron chi connectivity index (χ4n) is 1.28. The van der Waals surface area contributed by atoms with E-state index < -0.39 is 0 Å². The van der Waals surface area contributed by atoms with Crippen molar-refractivity contribution in [1.82, 2.24) is 0 Å². The van der Waals surface area contributed by atoms with Crippen molar-refractivity contribution >= 4 is 12.2 Å². The van der Waals surface area contributed by atoms with Crippen molar-refractivity contribution < 1.29 is 14.3 Å². The lowest BCUT2D eigenvalue weighted by Gasteiger charge is -2.07. The summed E-state index contributed by atoms with van der Waals surface area (Å²) < 4.78 is 5.38. The highest BCUT2D eigenvalue weighted by Gasteiger charge is 2.19. The highest BCUT2D eigenvalue weighted by molar-refractivity contribution is 5.81. The number of esters is 1. The predicted molar refractivity (Wildman–Crippen MR) is 48.5 cm³/mol. The third-order valence-electron chi connectivity index (χ3n) is 2.03. The first-order chi connectivity index (χ1) is 6.24. The minimum atomic E-state index is -0.376. The molecule has 0 radical (unpaired) electrons. The number of ether oxygens (including phenoxy) is 1. The lowest BCUT2D eigenvalue weighted by atomic mass is 10.1. The number of nitrogens with zero attached hydrogens (tertiary/aromatic N) is 1. The van der Waals surface area contributed by atoms with E-state index in [2.05, 4.69) is 4.74 Å². The molecular formula is C9H13NO3. The number of hydrogen-bond acceptors (Lipinski definition) is 3. The van der Waals surface area contributed by atoms with E-state index in [-0.39, 0.29) is 12.0 Å². The van der Waals surface area contributed by atoms with Crippen molar-refractivity contribution in [2.45, 2.75) is 25.3 Å². The molecule has 0 bridgehead atoms. The number of hydrogen-bond donors (Lipinski definition) is 0. The largest absolute Gasteiger partial charge is 0.624 e. The first kappa shape index (κ1) is 9.77. The van der Waals surface area contributed by atoms with E-state index >= 15 is 0 Å². The second-order valence-electron chi connectivity index (χ2n) is 2.93. The van der Waals surface area contributed by atoms with Gasteiger partial charge in [0.25, 0.3) is 0 Å². The fourth-order valence-corrected chi connectivity index (χ4v) is 1.28. The van der Waals surface area contributed by atoms with Crippen LogP contribution in [0, 0.1) is 5.21 Å². The van der Waals surface area contributed by atoms with Gasteiger partial charge in [0.2, 0.25) is 0 Å². The molecule has 0 spiro atoms. The van der Waals surface area contributed by atoms with E-state index in [0.29, 0.717) is 6.42 Å². The maximum absolute atomic E-state index is 11.0. The highest BCUT2D eigenvalue weighted by atomic mass is 16.5. The average Bonchev–Trinajstić information content (AvgIpc) is 2.52. The van der Waals surface area contributed by atoms with E-state index in [9.17, 15) is 10.0 Å². The van der Waals surface area contributed by atoms with Gasteiger partial charge < -0.3 is 9.94 Å². The SMILES string of the molecule is COC(=O)/C=C/CC1CCC=[N+]1[O-]. The molecule has 1 atom stereocenters. The number of hydroxylamine groups is 1. The molecule has 1 aliphatic rings. The second kappa shape index (κ2) is 4.64. The summed E-state index contributed by atoms with van der Waals surface area (Å²) in [5.41, 5.74) is 0.